The smallest absolute Gasteiger partial charge is 0.246 e. The second-order valence-electron chi connectivity index (χ2n) is 8.86. The first kappa shape index (κ1) is 26.1. The first-order chi connectivity index (χ1) is 16.2. The monoisotopic (exact) mass is 480 g/mol. The van der Waals surface area contributed by atoms with Crippen LogP contribution in [-0.4, -0.2) is 12.6 Å². The van der Waals surface area contributed by atoms with Gasteiger partial charge < -0.3 is 0 Å². The van der Waals surface area contributed by atoms with E-state index in [0.717, 1.165) is 31.2 Å². The normalized spacial score (nSPS) is 18.2. The van der Waals surface area contributed by atoms with Gasteiger partial charge >= 0.3 is 11.8 Å². The van der Waals surface area contributed by atoms with E-state index in [1.54, 1.807) is 24.3 Å². The van der Waals surface area contributed by atoms with Gasteiger partial charge in [0.1, 0.15) is 12.5 Å². The van der Waals surface area contributed by atoms with Gasteiger partial charge in [0.25, 0.3) is 0 Å². The number of halogens is 6. The Morgan fingerprint density at radius 1 is 0.912 bits per heavy atom. The Morgan fingerprint density at radius 3 is 2.21 bits per heavy atom. The highest BCUT2D eigenvalue weighted by Gasteiger charge is 2.62. The van der Waals surface area contributed by atoms with Crippen LogP contribution in [0.1, 0.15) is 69.1 Å². The quantitative estimate of drug-likeness (QED) is 0.248. The van der Waals surface area contributed by atoms with Crippen molar-refractivity contribution >= 4 is 5.57 Å². The van der Waals surface area contributed by atoms with Gasteiger partial charge in [-0.25, -0.2) is 8.78 Å². The fourth-order valence-electron chi connectivity index (χ4n) is 4.31. The third kappa shape index (κ3) is 5.26. The van der Waals surface area contributed by atoms with E-state index < -0.39 is 36.3 Å². The van der Waals surface area contributed by atoms with Gasteiger partial charge in [0.2, 0.25) is 0 Å². The average molecular weight is 481 g/mol. The highest BCUT2D eigenvalue weighted by atomic mass is 19.3. The van der Waals surface area contributed by atoms with E-state index in [0.29, 0.717) is 24.0 Å². The summed E-state index contributed by atoms with van der Waals surface area (Å²) in [5.74, 6) is -10.5. The Kier molecular flexibility index (Phi) is 8.32. The topological polar surface area (TPSA) is 0 Å². The van der Waals surface area contributed by atoms with Crippen molar-refractivity contribution in [3.8, 4) is 11.1 Å². The lowest BCUT2D eigenvalue weighted by atomic mass is 9.80. The maximum Gasteiger partial charge on any atom is 0.339 e. The van der Waals surface area contributed by atoms with Gasteiger partial charge in [0, 0.05) is 12.0 Å². The third-order valence-electron chi connectivity index (χ3n) is 6.27. The lowest BCUT2D eigenvalue weighted by Gasteiger charge is -2.35. The van der Waals surface area contributed by atoms with Gasteiger partial charge in [0.15, 0.2) is 0 Å². The summed E-state index contributed by atoms with van der Waals surface area (Å²) in [6.45, 7) is 3.18. The van der Waals surface area contributed by atoms with Crippen LogP contribution in [0.3, 0.4) is 0 Å². The molecule has 0 unspecified atom stereocenters. The molecular weight excluding hydrogens is 450 g/mol. The number of hydrogen-bond donors (Lipinski definition) is 0. The lowest BCUT2D eigenvalue weighted by molar-refractivity contribution is -0.217. The SMILES string of the molecule is CCCCCc1ccc(-c2ccc3c(c2F)C(F)(F)C(F)(F)C/C3=C\C=C(/CF)CCC)cc1. The second kappa shape index (κ2) is 10.8. The number of hydrogen-bond acceptors (Lipinski definition) is 0. The molecule has 0 amide bonds. The highest BCUT2D eigenvalue weighted by molar-refractivity contribution is 5.78. The summed E-state index contributed by atoms with van der Waals surface area (Å²) in [5.41, 5.74) is -0.0957. The highest BCUT2D eigenvalue weighted by Crippen LogP contribution is 2.55. The number of unbranched alkanes of at least 4 members (excludes halogenated alkanes) is 2. The van der Waals surface area contributed by atoms with Crippen molar-refractivity contribution in [2.24, 2.45) is 0 Å². The molecule has 2 aromatic carbocycles. The molecule has 0 bridgehead atoms. The number of aryl methyl sites for hydroxylation is 1. The summed E-state index contributed by atoms with van der Waals surface area (Å²) < 4.78 is 87.4. The molecule has 0 radical (unpaired) electrons. The van der Waals surface area contributed by atoms with Crippen LogP contribution in [0.15, 0.2) is 54.1 Å². The first-order valence-corrected chi connectivity index (χ1v) is 11.8. The van der Waals surface area contributed by atoms with E-state index >= 15 is 4.39 Å². The molecule has 0 nitrogen and oxygen atoms in total. The van der Waals surface area contributed by atoms with E-state index in [1.165, 1.54) is 24.3 Å². The van der Waals surface area contributed by atoms with Crippen LogP contribution in [0.25, 0.3) is 16.7 Å². The zero-order chi connectivity index (χ0) is 24.9. The summed E-state index contributed by atoms with van der Waals surface area (Å²) in [5, 5.41) is 0. The summed E-state index contributed by atoms with van der Waals surface area (Å²) in [6, 6.07) is 9.48. The van der Waals surface area contributed by atoms with Gasteiger partial charge in [-0.15, -0.1) is 0 Å². The lowest BCUT2D eigenvalue weighted by Crippen LogP contribution is -2.42. The Morgan fingerprint density at radius 2 is 1.59 bits per heavy atom. The zero-order valence-corrected chi connectivity index (χ0v) is 19.5. The molecule has 3 rings (SSSR count). The largest absolute Gasteiger partial charge is 0.339 e. The van der Waals surface area contributed by atoms with Gasteiger partial charge in [-0.1, -0.05) is 81.7 Å². The third-order valence-corrected chi connectivity index (χ3v) is 6.27. The molecule has 0 saturated heterocycles. The second-order valence-corrected chi connectivity index (χ2v) is 8.86. The molecule has 0 N–H and O–H groups in total. The maximum absolute atomic E-state index is 15.5. The van der Waals surface area contributed by atoms with Crippen LogP contribution in [0.5, 0.6) is 0 Å². The molecule has 0 aliphatic heterocycles. The van der Waals surface area contributed by atoms with Crippen LogP contribution in [-0.2, 0) is 12.3 Å². The van der Waals surface area contributed by atoms with E-state index in [-0.39, 0.29) is 16.7 Å². The molecule has 1 aliphatic carbocycles. The van der Waals surface area contributed by atoms with Crippen molar-refractivity contribution < 1.29 is 26.3 Å². The molecule has 6 heteroatoms. The standard InChI is InChI=1S/C28H30F6/c1-3-5-6-8-19-9-12-21(13-10-19)24-16-15-23-22(14-11-20(18-29)7-4-2)17-27(31,32)28(33,34)25(23)26(24)30/h9-16H,3-8,17-18H2,1-2H3/b20-11-,22-14+. The minimum absolute atomic E-state index is 0.135. The molecular formula is C28H30F6. The number of allylic oxidation sites excluding steroid dienone is 4. The number of benzene rings is 2. The minimum Gasteiger partial charge on any atom is -0.246 e. The number of rotatable bonds is 9. The fraction of sp³-hybridized carbons (Fsp3) is 0.429. The molecule has 34 heavy (non-hydrogen) atoms. The summed E-state index contributed by atoms with van der Waals surface area (Å²) in [6.07, 6.45) is 6.41. The Labute approximate surface area is 197 Å². The van der Waals surface area contributed by atoms with Crippen LogP contribution >= 0.6 is 0 Å². The van der Waals surface area contributed by atoms with Crippen molar-refractivity contribution in [2.75, 3.05) is 6.67 Å². The van der Waals surface area contributed by atoms with Crippen LogP contribution in [0, 0.1) is 5.82 Å². The molecule has 0 spiro atoms. The number of fused-ring (bicyclic) bond motifs is 1. The van der Waals surface area contributed by atoms with E-state index in [4.69, 9.17) is 0 Å². The average Bonchev–Trinajstić information content (AvgIpc) is 2.80. The van der Waals surface area contributed by atoms with E-state index in [9.17, 15) is 22.0 Å². The molecule has 0 atom stereocenters. The molecule has 2 aromatic rings. The first-order valence-electron chi connectivity index (χ1n) is 11.8. The van der Waals surface area contributed by atoms with Crippen molar-refractivity contribution in [1.29, 1.82) is 0 Å². The van der Waals surface area contributed by atoms with Gasteiger partial charge in [0.05, 0.1) is 5.56 Å². The summed E-state index contributed by atoms with van der Waals surface area (Å²) >= 11 is 0. The zero-order valence-electron chi connectivity index (χ0n) is 19.5. The molecule has 0 saturated carbocycles. The maximum atomic E-state index is 15.5. The van der Waals surface area contributed by atoms with Gasteiger partial charge in [-0.3, -0.25) is 0 Å². The Bertz CT molecular complexity index is 1050. The van der Waals surface area contributed by atoms with Crippen LogP contribution in [0.2, 0.25) is 0 Å². The summed E-state index contributed by atoms with van der Waals surface area (Å²) in [4.78, 5) is 0. The molecule has 0 heterocycles. The van der Waals surface area contributed by atoms with Crippen molar-refractivity contribution in [3.63, 3.8) is 0 Å². The van der Waals surface area contributed by atoms with E-state index in [2.05, 4.69) is 6.92 Å². The van der Waals surface area contributed by atoms with Crippen LogP contribution < -0.4 is 0 Å². The molecule has 1 aliphatic rings. The van der Waals surface area contributed by atoms with E-state index in [1.807, 2.05) is 6.92 Å². The summed E-state index contributed by atoms with van der Waals surface area (Å²) in [7, 11) is 0. The predicted octanol–water partition coefficient (Wildman–Crippen LogP) is 9.44. The molecule has 0 aromatic heterocycles. The minimum atomic E-state index is -4.67. The van der Waals surface area contributed by atoms with Gasteiger partial charge in [-0.05, 0) is 47.1 Å². The van der Waals surface area contributed by atoms with Crippen molar-refractivity contribution in [1.82, 2.24) is 0 Å². The Hall–Kier alpha value is -2.50. The predicted molar refractivity (Wildman–Crippen MR) is 125 cm³/mol. The molecule has 0 fully saturated rings. The van der Waals surface area contributed by atoms with Crippen molar-refractivity contribution in [3.05, 3.63) is 76.6 Å². The van der Waals surface area contributed by atoms with Gasteiger partial charge in [-0.2, -0.15) is 17.6 Å². The number of alkyl halides is 5. The fourth-order valence-corrected chi connectivity index (χ4v) is 4.31. The molecule has 184 valence electrons. The van der Waals surface area contributed by atoms with Crippen molar-refractivity contribution in [2.45, 2.75) is 70.6 Å². The Balaban J connectivity index is 2.06. The van der Waals surface area contributed by atoms with Crippen LogP contribution in [0.4, 0.5) is 26.3 Å².